The summed E-state index contributed by atoms with van der Waals surface area (Å²) in [5.74, 6) is 0.809. The van der Waals surface area contributed by atoms with Crippen molar-refractivity contribution in [3.63, 3.8) is 0 Å². The van der Waals surface area contributed by atoms with Gasteiger partial charge in [0.2, 0.25) is 0 Å². The van der Waals surface area contributed by atoms with Crippen LogP contribution in [0.15, 0.2) is 36.9 Å². The van der Waals surface area contributed by atoms with Gasteiger partial charge in [0.1, 0.15) is 11.8 Å². The number of anilines is 2. The van der Waals surface area contributed by atoms with Crippen LogP contribution >= 0.6 is 0 Å². The van der Waals surface area contributed by atoms with Crippen LogP contribution in [0.3, 0.4) is 0 Å². The van der Waals surface area contributed by atoms with Crippen molar-refractivity contribution >= 4 is 22.7 Å². The van der Waals surface area contributed by atoms with Gasteiger partial charge in [-0.25, -0.2) is 15.0 Å². The first-order valence-corrected chi connectivity index (χ1v) is 8.87. The number of benzene rings is 1. The van der Waals surface area contributed by atoms with Crippen LogP contribution < -0.4 is 10.6 Å². The Balaban J connectivity index is 1.57. The first kappa shape index (κ1) is 15.9. The summed E-state index contributed by atoms with van der Waals surface area (Å²) in [5.41, 5.74) is 4.23. The van der Waals surface area contributed by atoms with Gasteiger partial charge in [0.05, 0.1) is 11.9 Å². The molecule has 2 N–H and O–H groups in total. The van der Waals surface area contributed by atoms with Crippen LogP contribution in [0, 0.1) is 6.92 Å². The molecule has 1 aromatic carbocycles. The molecule has 0 bridgehead atoms. The van der Waals surface area contributed by atoms with Gasteiger partial charge >= 0.3 is 0 Å². The van der Waals surface area contributed by atoms with Gasteiger partial charge in [0, 0.05) is 19.3 Å². The van der Waals surface area contributed by atoms with Crippen LogP contribution in [-0.4, -0.2) is 31.6 Å². The molecule has 1 aliphatic rings. The van der Waals surface area contributed by atoms with Gasteiger partial charge in [0.15, 0.2) is 11.5 Å². The predicted octanol–water partition coefficient (Wildman–Crippen LogP) is 3.51. The van der Waals surface area contributed by atoms with E-state index in [9.17, 15) is 0 Å². The lowest BCUT2D eigenvalue weighted by molar-refractivity contribution is 0.507. The summed E-state index contributed by atoms with van der Waals surface area (Å²) in [6.07, 6.45) is 8.20. The average molecular weight is 336 g/mol. The zero-order valence-electron chi connectivity index (χ0n) is 14.8. The minimum atomic E-state index is 0.0537. The summed E-state index contributed by atoms with van der Waals surface area (Å²) in [6, 6.07) is 8.49. The van der Waals surface area contributed by atoms with Gasteiger partial charge in [-0.2, -0.15) is 0 Å². The van der Waals surface area contributed by atoms with Crippen LogP contribution in [0.25, 0.3) is 11.2 Å². The van der Waals surface area contributed by atoms with E-state index in [0.29, 0.717) is 0 Å². The molecule has 0 unspecified atom stereocenters. The molecule has 3 aromatic rings. The zero-order chi connectivity index (χ0) is 17.3. The van der Waals surface area contributed by atoms with Gasteiger partial charge in [-0.3, -0.25) is 0 Å². The van der Waals surface area contributed by atoms with Crippen molar-refractivity contribution in [3.05, 3.63) is 42.5 Å². The number of nitrogens with one attached hydrogen (secondary N) is 2. The minimum Gasteiger partial charge on any atom is -0.378 e. The van der Waals surface area contributed by atoms with Gasteiger partial charge in [-0.05, 0) is 31.4 Å². The third kappa shape index (κ3) is 3.04. The molecule has 2 heterocycles. The van der Waals surface area contributed by atoms with Gasteiger partial charge in [-0.1, -0.05) is 31.0 Å². The molecule has 4 rings (SSSR count). The molecule has 2 aromatic heterocycles. The van der Waals surface area contributed by atoms with Crippen molar-refractivity contribution < 1.29 is 0 Å². The van der Waals surface area contributed by atoms with E-state index in [1.54, 1.807) is 12.7 Å². The molecule has 0 atom stereocenters. The highest BCUT2D eigenvalue weighted by molar-refractivity contribution is 5.82. The highest BCUT2D eigenvalue weighted by Gasteiger charge is 2.34. The van der Waals surface area contributed by atoms with Crippen LogP contribution in [0.4, 0.5) is 11.5 Å². The lowest BCUT2D eigenvalue weighted by Crippen LogP contribution is -2.42. The number of aromatic nitrogens is 4. The van der Waals surface area contributed by atoms with Crippen molar-refractivity contribution in [2.45, 2.75) is 38.1 Å². The fraction of sp³-hybridized carbons (Fsp3) is 0.421. The average Bonchev–Trinajstić information content (AvgIpc) is 3.23. The van der Waals surface area contributed by atoms with E-state index < -0.39 is 0 Å². The van der Waals surface area contributed by atoms with Gasteiger partial charge < -0.3 is 15.2 Å². The monoisotopic (exact) mass is 336 g/mol. The van der Waals surface area contributed by atoms with Crippen molar-refractivity contribution in [2.75, 3.05) is 17.2 Å². The molecule has 25 heavy (non-hydrogen) atoms. The molecular weight excluding hydrogens is 312 g/mol. The van der Waals surface area contributed by atoms with Crippen LogP contribution in [0.1, 0.15) is 31.2 Å². The molecule has 6 heteroatoms. The summed E-state index contributed by atoms with van der Waals surface area (Å²) in [5, 5.41) is 7.35. The quantitative estimate of drug-likeness (QED) is 0.746. The second-order valence-corrected chi connectivity index (χ2v) is 7.03. The van der Waals surface area contributed by atoms with Gasteiger partial charge in [-0.15, -0.1) is 0 Å². The summed E-state index contributed by atoms with van der Waals surface area (Å²) in [7, 11) is 1.95. The maximum Gasteiger partial charge on any atom is 0.165 e. The largest absolute Gasteiger partial charge is 0.378 e. The minimum absolute atomic E-state index is 0.0537. The van der Waals surface area contributed by atoms with Gasteiger partial charge in [0.25, 0.3) is 0 Å². The standard InChI is InChI=1S/C19H24N6/c1-14-7-3-4-8-15(14)24-19(9-5-6-10-19)11-20-17-16-18(22-12-21-17)25(2)13-23-16/h3-4,7-8,12-13,24H,5-6,9-11H2,1-2H3,(H,20,21,22). The topological polar surface area (TPSA) is 67.7 Å². The SMILES string of the molecule is Cc1ccccc1NC1(CNc2ncnc3c2ncn3C)CCCC1. The molecule has 1 fully saturated rings. The highest BCUT2D eigenvalue weighted by atomic mass is 15.1. The second-order valence-electron chi connectivity index (χ2n) is 7.03. The van der Waals surface area contributed by atoms with Crippen molar-refractivity contribution in [1.29, 1.82) is 0 Å². The number of fused-ring (bicyclic) bond motifs is 1. The Labute approximate surface area is 147 Å². The number of para-hydroxylation sites is 1. The fourth-order valence-electron chi connectivity index (χ4n) is 3.72. The molecule has 1 saturated carbocycles. The number of hydrogen-bond acceptors (Lipinski definition) is 5. The molecule has 130 valence electrons. The summed E-state index contributed by atoms with van der Waals surface area (Å²) < 4.78 is 1.92. The molecular formula is C19H24N6. The maximum atomic E-state index is 4.44. The fourth-order valence-corrected chi connectivity index (χ4v) is 3.72. The Morgan fingerprint density at radius 3 is 2.72 bits per heavy atom. The van der Waals surface area contributed by atoms with E-state index in [1.807, 2.05) is 11.6 Å². The zero-order valence-corrected chi connectivity index (χ0v) is 14.8. The lowest BCUT2D eigenvalue weighted by atomic mass is 9.96. The highest BCUT2D eigenvalue weighted by Crippen LogP contribution is 2.34. The second kappa shape index (κ2) is 6.35. The normalized spacial score (nSPS) is 16.2. The maximum absolute atomic E-state index is 4.44. The summed E-state index contributed by atoms with van der Waals surface area (Å²) in [4.78, 5) is 13.2. The number of hydrogen-bond donors (Lipinski definition) is 2. The van der Waals surface area contributed by atoms with E-state index in [4.69, 9.17) is 0 Å². The molecule has 0 amide bonds. The van der Waals surface area contributed by atoms with Crippen LogP contribution in [-0.2, 0) is 7.05 Å². The van der Waals surface area contributed by atoms with E-state index in [2.05, 4.69) is 56.8 Å². The Morgan fingerprint density at radius 1 is 1.12 bits per heavy atom. The molecule has 6 nitrogen and oxygen atoms in total. The molecule has 1 aliphatic carbocycles. The first-order valence-electron chi connectivity index (χ1n) is 8.87. The Kier molecular flexibility index (Phi) is 4.03. The van der Waals surface area contributed by atoms with Crippen LogP contribution in [0.2, 0.25) is 0 Å². The molecule has 0 spiro atoms. The predicted molar refractivity (Wildman–Crippen MR) is 101 cm³/mol. The number of nitrogens with zero attached hydrogens (tertiary/aromatic N) is 4. The van der Waals surface area contributed by atoms with E-state index in [1.165, 1.54) is 24.1 Å². The number of imidazole rings is 1. The third-order valence-corrected chi connectivity index (χ3v) is 5.20. The summed E-state index contributed by atoms with van der Waals surface area (Å²) in [6.45, 7) is 2.98. The number of rotatable bonds is 5. The van der Waals surface area contributed by atoms with E-state index in [-0.39, 0.29) is 5.54 Å². The Hall–Kier alpha value is -2.63. The lowest BCUT2D eigenvalue weighted by Gasteiger charge is -2.32. The smallest absolute Gasteiger partial charge is 0.165 e. The van der Waals surface area contributed by atoms with Crippen molar-refractivity contribution in [2.24, 2.45) is 7.05 Å². The van der Waals surface area contributed by atoms with Crippen molar-refractivity contribution in [1.82, 2.24) is 19.5 Å². The third-order valence-electron chi connectivity index (χ3n) is 5.20. The van der Waals surface area contributed by atoms with Crippen molar-refractivity contribution in [3.8, 4) is 0 Å². The van der Waals surface area contributed by atoms with E-state index >= 15 is 0 Å². The van der Waals surface area contributed by atoms with Crippen LogP contribution in [0.5, 0.6) is 0 Å². The Bertz CT molecular complexity index is 879. The first-order chi connectivity index (χ1) is 12.2. The molecule has 0 saturated heterocycles. The summed E-state index contributed by atoms with van der Waals surface area (Å²) >= 11 is 0. The Morgan fingerprint density at radius 2 is 1.92 bits per heavy atom. The number of aryl methyl sites for hydroxylation is 2. The van der Waals surface area contributed by atoms with E-state index in [0.717, 1.165) is 36.4 Å². The molecule has 0 aliphatic heterocycles. The molecule has 0 radical (unpaired) electrons.